The number of para-hydroxylation sites is 1. The van der Waals surface area contributed by atoms with Crippen molar-refractivity contribution in [2.45, 2.75) is 11.5 Å². The average Bonchev–Trinajstić information content (AvgIpc) is 2.69. The van der Waals surface area contributed by atoms with Crippen molar-refractivity contribution in [3.05, 3.63) is 44.6 Å². The molecule has 19 heavy (non-hydrogen) atoms. The molecule has 8 heteroatoms. The van der Waals surface area contributed by atoms with Gasteiger partial charge in [0.1, 0.15) is 9.23 Å². The van der Waals surface area contributed by atoms with Crippen LogP contribution in [-0.2, 0) is 16.6 Å². The number of hydrogen-bond donors (Lipinski definition) is 2. The van der Waals surface area contributed by atoms with Gasteiger partial charge in [0.05, 0.1) is 16.6 Å². The van der Waals surface area contributed by atoms with Crippen LogP contribution in [0.4, 0.5) is 5.69 Å². The Morgan fingerprint density at radius 3 is 2.53 bits per heavy atom. The molecular formula is C11H9Cl2NO3S2. The normalized spacial score (nSPS) is 11.5. The highest BCUT2D eigenvalue weighted by atomic mass is 35.5. The van der Waals surface area contributed by atoms with Crippen molar-refractivity contribution in [2.75, 3.05) is 4.72 Å². The van der Waals surface area contributed by atoms with Gasteiger partial charge in [-0.2, -0.15) is 0 Å². The van der Waals surface area contributed by atoms with Gasteiger partial charge in [0, 0.05) is 5.56 Å². The third kappa shape index (κ3) is 3.21. The summed E-state index contributed by atoms with van der Waals surface area (Å²) in [6, 6.07) is 7.85. The zero-order valence-corrected chi connectivity index (χ0v) is 12.6. The summed E-state index contributed by atoms with van der Waals surface area (Å²) >= 11 is 12.5. The van der Waals surface area contributed by atoms with Gasteiger partial charge >= 0.3 is 0 Å². The number of benzene rings is 1. The van der Waals surface area contributed by atoms with E-state index in [2.05, 4.69) is 4.72 Å². The molecule has 0 saturated carbocycles. The predicted octanol–water partition coefficient (Wildman–Crippen LogP) is 3.35. The Balaban J connectivity index is 2.39. The minimum atomic E-state index is -3.82. The second-order valence-corrected chi connectivity index (χ2v) is 7.55. The molecule has 2 aromatic rings. The van der Waals surface area contributed by atoms with E-state index >= 15 is 0 Å². The molecule has 0 aliphatic rings. The Kier molecular flexibility index (Phi) is 4.37. The number of thiophene rings is 1. The minimum Gasteiger partial charge on any atom is -0.392 e. The van der Waals surface area contributed by atoms with Crippen LogP contribution in [0.1, 0.15) is 5.56 Å². The highest BCUT2D eigenvalue weighted by Gasteiger charge is 2.21. The quantitative estimate of drug-likeness (QED) is 0.898. The van der Waals surface area contributed by atoms with Gasteiger partial charge in [0.25, 0.3) is 10.0 Å². The van der Waals surface area contributed by atoms with Crippen LogP contribution in [0.2, 0.25) is 8.67 Å². The lowest BCUT2D eigenvalue weighted by atomic mass is 10.2. The van der Waals surface area contributed by atoms with Crippen LogP contribution in [0.3, 0.4) is 0 Å². The van der Waals surface area contributed by atoms with Crippen molar-refractivity contribution in [2.24, 2.45) is 0 Å². The zero-order chi connectivity index (χ0) is 14.0. The number of hydrogen-bond acceptors (Lipinski definition) is 4. The van der Waals surface area contributed by atoms with E-state index in [0.29, 0.717) is 15.6 Å². The number of nitrogens with one attached hydrogen (secondary N) is 1. The fourth-order valence-electron chi connectivity index (χ4n) is 1.47. The maximum atomic E-state index is 12.2. The van der Waals surface area contributed by atoms with Crippen molar-refractivity contribution in [3.8, 4) is 0 Å². The first-order valence-corrected chi connectivity index (χ1v) is 8.16. The average molecular weight is 338 g/mol. The first-order valence-electron chi connectivity index (χ1n) is 5.10. The number of anilines is 1. The molecule has 1 aromatic heterocycles. The molecule has 0 aliphatic heterocycles. The molecule has 1 aromatic carbocycles. The largest absolute Gasteiger partial charge is 0.392 e. The van der Waals surface area contributed by atoms with Crippen molar-refractivity contribution in [1.82, 2.24) is 0 Å². The standard InChI is InChI=1S/C11H9Cl2NO3S2/c12-10-5-9(11(13)18-10)19(16,17)14-8-4-2-1-3-7(8)6-15/h1-5,14-15H,6H2. The van der Waals surface area contributed by atoms with E-state index in [1.165, 1.54) is 6.07 Å². The molecule has 0 bridgehead atoms. The van der Waals surface area contributed by atoms with Crippen LogP contribution in [0, 0.1) is 0 Å². The summed E-state index contributed by atoms with van der Waals surface area (Å²) in [6.07, 6.45) is 0. The Labute approximate surface area is 124 Å². The predicted molar refractivity (Wildman–Crippen MR) is 77.5 cm³/mol. The third-order valence-electron chi connectivity index (χ3n) is 2.35. The van der Waals surface area contributed by atoms with Gasteiger partial charge in [0.15, 0.2) is 0 Å². The summed E-state index contributed by atoms with van der Waals surface area (Å²) in [5.74, 6) is 0. The topological polar surface area (TPSA) is 66.4 Å². The highest BCUT2D eigenvalue weighted by Crippen LogP contribution is 2.35. The summed E-state index contributed by atoms with van der Waals surface area (Å²) in [4.78, 5) is -0.0723. The Bertz CT molecular complexity index is 698. The van der Waals surface area contributed by atoms with Gasteiger partial charge in [-0.05, 0) is 12.1 Å². The molecule has 0 radical (unpaired) electrons. The van der Waals surface area contributed by atoms with Gasteiger partial charge in [-0.15, -0.1) is 11.3 Å². The molecule has 0 saturated heterocycles. The Morgan fingerprint density at radius 2 is 1.95 bits per heavy atom. The van der Waals surface area contributed by atoms with E-state index in [1.807, 2.05) is 0 Å². The second kappa shape index (κ2) is 5.68. The number of rotatable bonds is 4. The maximum absolute atomic E-state index is 12.2. The minimum absolute atomic E-state index is 0.0723. The number of halogens is 2. The van der Waals surface area contributed by atoms with Gasteiger partial charge in [-0.1, -0.05) is 41.4 Å². The lowest BCUT2D eigenvalue weighted by Gasteiger charge is -2.10. The first-order chi connectivity index (χ1) is 8.94. The van der Waals surface area contributed by atoms with Gasteiger partial charge in [-0.3, -0.25) is 4.72 Å². The molecule has 0 aliphatic carbocycles. The molecule has 2 N–H and O–H groups in total. The Morgan fingerprint density at radius 1 is 1.26 bits per heavy atom. The van der Waals surface area contributed by atoms with Gasteiger partial charge < -0.3 is 5.11 Å². The van der Waals surface area contributed by atoms with Crippen LogP contribution in [0.15, 0.2) is 35.2 Å². The molecular weight excluding hydrogens is 329 g/mol. The molecule has 0 atom stereocenters. The molecule has 0 fully saturated rings. The van der Waals surface area contributed by atoms with E-state index in [4.69, 9.17) is 28.3 Å². The van der Waals surface area contributed by atoms with Crippen LogP contribution < -0.4 is 4.72 Å². The van der Waals surface area contributed by atoms with Gasteiger partial charge in [-0.25, -0.2) is 8.42 Å². The summed E-state index contributed by atoms with van der Waals surface area (Å²) in [5.41, 5.74) is 0.784. The number of sulfonamides is 1. The lowest BCUT2D eigenvalue weighted by Crippen LogP contribution is -2.13. The van der Waals surface area contributed by atoms with Crippen LogP contribution in [0.25, 0.3) is 0 Å². The molecule has 0 spiro atoms. The smallest absolute Gasteiger partial charge is 0.264 e. The van der Waals surface area contributed by atoms with E-state index in [-0.39, 0.29) is 15.8 Å². The molecule has 2 rings (SSSR count). The van der Waals surface area contributed by atoms with E-state index in [9.17, 15) is 8.42 Å². The third-order valence-corrected chi connectivity index (χ3v) is 5.47. The van der Waals surface area contributed by atoms with Crippen molar-refractivity contribution in [3.63, 3.8) is 0 Å². The second-order valence-electron chi connectivity index (χ2n) is 3.61. The summed E-state index contributed by atoms with van der Waals surface area (Å²) < 4.78 is 27.1. The van der Waals surface area contributed by atoms with Crippen LogP contribution in [-0.4, -0.2) is 13.5 Å². The molecule has 0 unspecified atom stereocenters. The zero-order valence-electron chi connectivity index (χ0n) is 9.43. The molecule has 102 valence electrons. The fraction of sp³-hybridized carbons (Fsp3) is 0.0909. The van der Waals surface area contributed by atoms with Crippen LogP contribution >= 0.6 is 34.5 Å². The molecule has 0 amide bonds. The van der Waals surface area contributed by atoms with Crippen LogP contribution in [0.5, 0.6) is 0 Å². The lowest BCUT2D eigenvalue weighted by molar-refractivity contribution is 0.282. The molecule has 1 heterocycles. The maximum Gasteiger partial charge on any atom is 0.264 e. The molecule has 4 nitrogen and oxygen atoms in total. The van der Waals surface area contributed by atoms with Crippen molar-refractivity contribution < 1.29 is 13.5 Å². The number of aliphatic hydroxyl groups excluding tert-OH is 1. The first kappa shape index (κ1) is 14.6. The SMILES string of the molecule is O=S(=O)(Nc1ccccc1CO)c1cc(Cl)sc1Cl. The van der Waals surface area contributed by atoms with Gasteiger partial charge in [0.2, 0.25) is 0 Å². The number of aliphatic hydroxyl groups is 1. The van der Waals surface area contributed by atoms with Crippen molar-refractivity contribution >= 4 is 50.2 Å². The monoisotopic (exact) mass is 337 g/mol. The summed E-state index contributed by atoms with van der Waals surface area (Å²) in [7, 11) is -3.82. The van der Waals surface area contributed by atoms with E-state index < -0.39 is 10.0 Å². The highest BCUT2D eigenvalue weighted by molar-refractivity contribution is 7.93. The van der Waals surface area contributed by atoms with E-state index in [1.54, 1.807) is 24.3 Å². The fourth-order valence-corrected chi connectivity index (χ4v) is 4.72. The summed E-state index contributed by atoms with van der Waals surface area (Å²) in [5, 5.41) is 9.16. The van der Waals surface area contributed by atoms with E-state index in [0.717, 1.165) is 11.3 Å². The van der Waals surface area contributed by atoms with Crippen molar-refractivity contribution in [1.29, 1.82) is 0 Å². The Hall–Kier alpha value is -0.790. The summed E-state index contributed by atoms with van der Waals surface area (Å²) in [6.45, 7) is -0.267.